The highest BCUT2D eigenvalue weighted by atomic mass is 16.5. The highest BCUT2D eigenvalue weighted by Gasteiger charge is 2.28. The van der Waals surface area contributed by atoms with Crippen LogP contribution >= 0.6 is 0 Å². The maximum Gasteiger partial charge on any atom is 0.254 e. The van der Waals surface area contributed by atoms with Crippen LogP contribution in [0, 0.1) is 11.3 Å². The number of likely N-dealkylation sites (tertiary alicyclic amines) is 1. The lowest BCUT2D eigenvalue weighted by Crippen LogP contribution is -2.38. The van der Waals surface area contributed by atoms with Gasteiger partial charge in [-0.05, 0) is 66.8 Å². The minimum Gasteiger partial charge on any atom is -0.381 e. The van der Waals surface area contributed by atoms with Crippen molar-refractivity contribution in [1.82, 2.24) is 20.1 Å². The molecule has 1 amide bonds. The predicted molar refractivity (Wildman–Crippen MR) is 138 cm³/mol. The zero-order valence-electron chi connectivity index (χ0n) is 21.1. The van der Waals surface area contributed by atoms with Gasteiger partial charge in [0.05, 0.1) is 18.2 Å². The number of amides is 1. The maximum atomic E-state index is 13.8. The zero-order chi connectivity index (χ0) is 25.1. The SMILES string of the molecule is CCc1cc(CC)c(-c2nnc(C3CCOC3)[nH]2)cc1C(=O)N1CCC(c2ccccc2C#N)CC1. The number of nitriles is 1. The number of rotatable bonds is 6. The number of piperidine rings is 1. The van der Waals surface area contributed by atoms with Crippen LogP contribution in [0.4, 0.5) is 0 Å². The van der Waals surface area contributed by atoms with Crippen molar-refractivity contribution in [1.29, 1.82) is 5.26 Å². The van der Waals surface area contributed by atoms with Crippen molar-refractivity contribution in [3.8, 4) is 17.5 Å². The fraction of sp³-hybridized carbons (Fsp3) is 0.448. The molecule has 0 bridgehead atoms. The number of carbonyl (C=O) groups excluding carboxylic acids is 1. The number of hydrogen-bond donors (Lipinski definition) is 1. The first-order valence-corrected chi connectivity index (χ1v) is 13.1. The zero-order valence-corrected chi connectivity index (χ0v) is 21.1. The number of nitrogens with one attached hydrogen (secondary N) is 1. The lowest BCUT2D eigenvalue weighted by molar-refractivity contribution is 0.0712. The first kappa shape index (κ1) is 24.2. The first-order chi connectivity index (χ1) is 17.6. The largest absolute Gasteiger partial charge is 0.381 e. The third-order valence-corrected chi connectivity index (χ3v) is 7.70. The van der Waals surface area contributed by atoms with Crippen molar-refractivity contribution in [3.63, 3.8) is 0 Å². The van der Waals surface area contributed by atoms with Crippen LogP contribution in [0.5, 0.6) is 0 Å². The Morgan fingerprint density at radius 1 is 1.08 bits per heavy atom. The van der Waals surface area contributed by atoms with E-state index in [0.29, 0.717) is 25.6 Å². The van der Waals surface area contributed by atoms with E-state index >= 15 is 0 Å². The van der Waals surface area contributed by atoms with Gasteiger partial charge in [0.2, 0.25) is 0 Å². The van der Waals surface area contributed by atoms with Gasteiger partial charge in [0.25, 0.3) is 5.91 Å². The van der Waals surface area contributed by atoms with Crippen LogP contribution in [0.3, 0.4) is 0 Å². The third kappa shape index (κ3) is 4.66. The Balaban J connectivity index is 1.39. The van der Waals surface area contributed by atoms with Crippen LogP contribution in [0.15, 0.2) is 36.4 Å². The molecule has 5 rings (SSSR count). The van der Waals surface area contributed by atoms with Crippen LogP contribution in [-0.2, 0) is 17.6 Å². The Hall–Kier alpha value is -3.50. The van der Waals surface area contributed by atoms with Gasteiger partial charge in [-0.2, -0.15) is 5.26 Å². The molecule has 2 aliphatic rings. The molecule has 2 aliphatic heterocycles. The molecule has 7 nitrogen and oxygen atoms in total. The van der Waals surface area contributed by atoms with Crippen molar-refractivity contribution in [3.05, 3.63) is 70.0 Å². The number of carbonyl (C=O) groups is 1. The topological polar surface area (TPSA) is 94.9 Å². The van der Waals surface area contributed by atoms with Gasteiger partial charge in [-0.15, -0.1) is 10.2 Å². The molecule has 186 valence electrons. The number of aromatic amines is 1. The van der Waals surface area contributed by atoms with Crippen molar-refractivity contribution >= 4 is 5.91 Å². The molecule has 1 N–H and O–H groups in total. The average Bonchev–Trinajstić information content (AvgIpc) is 3.64. The number of aromatic nitrogens is 3. The van der Waals surface area contributed by atoms with Gasteiger partial charge in [-0.25, -0.2) is 0 Å². The van der Waals surface area contributed by atoms with Crippen LogP contribution < -0.4 is 0 Å². The highest BCUT2D eigenvalue weighted by molar-refractivity contribution is 5.97. The molecule has 0 radical (unpaired) electrons. The molecule has 3 aromatic rings. The third-order valence-electron chi connectivity index (χ3n) is 7.70. The second-order valence-electron chi connectivity index (χ2n) is 9.76. The summed E-state index contributed by atoms with van der Waals surface area (Å²) in [5, 5.41) is 18.3. The minimum absolute atomic E-state index is 0.0757. The Kier molecular flexibility index (Phi) is 7.15. The van der Waals surface area contributed by atoms with E-state index in [1.807, 2.05) is 29.2 Å². The van der Waals surface area contributed by atoms with Crippen LogP contribution in [-0.4, -0.2) is 52.3 Å². The molecule has 0 saturated carbocycles. The second kappa shape index (κ2) is 10.6. The fourth-order valence-electron chi connectivity index (χ4n) is 5.55. The number of hydrogen-bond acceptors (Lipinski definition) is 5. The normalized spacial score (nSPS) is 18.4. The van der Waals surface area contributed by atoms with Gasteiger partial charge in [-0.3, -0.25) is 4.79 Å². The molecule has 1 atom stereocenters. The molecule has 2 fully saturated rings. The maximum absolute atomic E-state index is 13.8. The molecule has 7 heteroatoms. The summed E-state index contributed by atoms with van der Waals surface area (Å²) in [6.45, 7) is 7.03. The minimum atomic E-state index is 0.0757. The molecule has 2 aromatic carbocycles. The average molecular weight is 484 g/mol. The summed E-state index contributed by atoms with van der Waals surface area (Å²) in [6.07, 6.45) is 4.31. The van der Waals surface area contributed by atoms with E-state index in [9.17, 15) is 10.1 Å². The molecule has 2 saturated heterocycles. The number of ether oxygens (including phenoxy) is 1. The summed E-state index contributed by atoms with van der Waals surface area (Å²) >= 11 is 0. The monoisotopic (exact) mass is 483 g/mol. The number of benzene rings is 2. The second-order valence-corrected chi connectivity index (χ2v) is 9.76. The van der Waals surface area contributed by atoms with E-state index in [0.717, 1.165) is 78.2 Å². The predicted octanol–water partition coefficient (Wildman–Crippen LogP) is 4.99. The van der Waals surface area contributed by atoms with Crippen LogP contribution in [0.2, 0.25) is 0 Å². The van der Waals surface area contributed by atoms with Crippen LogP contribution in [0.25, 0.3) is 11.4 Å². The molecule has 36 heavy (non-hydrogen) atoms. The summed E-state index contributed by atoms with van der Waals surface area (Å²) in [5.41, 5.74) is 5.79. The number of H-pyrrole nitrogens is 1. The van der Waals surface area contributed by atoms with Crippen molar-refractivity contribution in [2.24, 2.45) is 0 Å². The quantitative estimate of drug-likeness (QED) is 0.533. The van der Waals surface area contributed by atoms with Gasteiger partial charge < -0.3 is 14.6 Å². The van der Waals surface area contributed by atoms with E-state index in [-0.39, 0.29) is 11.8 Å². The molecular weight excluding hydrogens is 450 g/mol. The van der Waals surface area contributed by atoms with Crippen molar-refractivity contribution in [2.75, 3.05) is 26.3 Å². The standard InChI is InChI=1S/C29H33N5O2/c1-3-19-15-20(4-2)26(16-25(19)28-31-27(32-33-28)23-11-14-36-18-23)29(35)34-12-9-21(10-13-34)24-8-6-5-7-22(24)17-30/h5-8,15-16,21,23H,3-4,9-14,18H2,1-2H3,(H,31,32,33). The smallest absolute Gasteiger partial charge is 0.254 e. The van der Waals surface area contributed by atoms with E-state index in [1.165, 1.54) is 5.56 Å². The van der Waals surface area contributed by atoms with E-state index in [2.05, 4.69) is 47.2 Å². The molecule has 3 heterocycles. The summed E-state index contributed by atoms with van der Waals surface area (Å²) in [5.74, 6) is 2.21. The number of nitrogens with zero attached hydrogens (tertiary/aromatic N) is 4. The van der Waals surface area contributed by atoms with Gasteiger partial charge in [0.1, 0.15) is 5.82 Å². The molecule has 1 aromatic heterocycles. The van der Waals surface area contributed by atoms with E-state index in [1.54, 1.807) is 0 Å². The lowest BCUT2D eigenvalue weighted by atomic mass is 9.86. The summed E-state index contributed by atoms with van der Waals surface area (Å²) in [4.78, 5) is 19.1. The van der Waals surface area contributed by atoms with Gasteiger partial charge in [0.15, 0.2) is 5.82 Å². The molecule has 0 aliphatic carbocycles. The van der Waals surface area contributed by atoms with E-state index < -0.39 is 0 Å². The fourth-order valence-corrected chi connectivity index (χ4v) is 5.55. The first-order valence-electron chi connectivity index (χ1n) is 13.1. The Bertz CT molecular complexity index is 1280. The summed E-state index contributed by atoms with van der Waals surface area (Å²) in [7, 11) is 0. The van der Waals surface area contributed by atoms with E-state index in [4.69, 9.17) is 4.74 Å². The number of aryl methyl sites for hydroxylation is 2. The summed E-state index contributed by atoms with van der Waals surface area (Å²) < 4.78 is 5.51. The Labute approximate surface area is 212 Å². The van der Waals surface area contributed by atoms with Gasteiger partial charge in [-0.1, -0.05) is 38.1 Å². The van der Waals surface area contributed by atoms with Gasteiger partial charge >= 0.3 is 0 Å². The Morgan fingerprint density at radius 2 is 1.86 bits per heavy atom. The van der Waals surface area contributed by atoms with Gasteiger partial charge in [0, 0.05) is 36.7 Å². The molecular formula is C29H33N5O2. The molecule has 1 unspecified atom stereocenters. The Morgan fingerprint density at radius 3 is 2.56 bits per heavy atom. The van der Waals surface area contributed by atoms with Crippen molar-refractivity contribution in [2.45, 2.75) is 57.8 Å². The van der Waals surface area contributed by atoms with Crippen LogP contribution in [0.1, 0.15) is 83.4 Å². The lowest BCUT2D eigenvalue weighted by Gasteiger charge is -2.33. The van der Waals surface area contributed by atoms with Crippen molar-refractivity contribution < 1.29 is 9.53 Å². The summed E-state index contributed by atoms with van der Waals surface area (Å²) in [6, 6.07) is 14.3. The highest BCUT2D eigenvalue weighted by Crippen LogP contribution is 2.33. The molecule has 0 spiro atoms.